The second-order valence-electron chi connectivity index (χ2n) is 8.78. The minimum Gasteiger partial charge on any atom is -0.350 e. The molecule has 1 aliphatic carbocycles. The molecule has 35 heavy (non-hydrogen) atoms. The van der Waals surface area contributed by atoms with Crippen molar-refractivity contribution in [2.75, 3.05) is 18.4 Å². The van der Waals surface area contributed by atoms with Gasteiger partial charge in [-0.15, -0.1) is 0 Å². The monoisotopic (exact) mass is 489 g/mol. The lowest BCUT2D eigenvalue weighted by atomic mass is 9.92. The second-order valence-corrected chi connectivity index (χ2v) is 8.78. The summed E-state index contributed by atoms with van der Waals surface area (Å²) in [5.41, 5.74) is 5.82. The van der Waals surface area contributed by atoms with Gasteiger partial charge in [0, 0.05) is 42.5 Å². The number of hydrogen-bond donors (Lipinski definition) is 3. The average molecular weight is 489 g/mol. The highest BCUT2D eigenvalue weighted by Crippen LogP contribution is 2.23. The smallest absolute Gasteiger partial charge is 0.323 e. The highest BCUT2D eigenvalue weighted by atomic mass is 19.1. The van der Waals surface area contributed by atoms with Gasteiger partial charge in [-0.25, -0.2) is 18.0 Å². The lowest BCUT2D eigenvalue weighted by Gasteiger charge is -2.32. The number of halogens is 3. The first-order valence-electron chi connectivity index (χ1n) is 11.4. The summed E-state index contributed by atoms with van der Waals surface area (Å²) >= 11 is 0. The van der Waals surface area contributed by atoms with Crippen molar-refractivity contribution in [3.8, 4) is 0 Å². The van der Waals surface area contributed by atoms with E-state index in [1.54, 1.807) is 0 Å². The molecule has 4 N–H and O–H groups in total. The van der Waals surface area contributed by atoms with Crippen molar-refractivity contribution in [3.63, 3.8) is 0 Å². The first-order valence-corrected chi connectivity index (χ1v) is 11.4. The number of nitrogens with one attached hydrogen (secondary N) is 2. The highest BCUT2D eigenvalue weighted by Gasteiger charge is 2.43. The van der Waals surface area contributed by atoms with Gasteiger partial charge < -0.3 is 21.3 Å². The molecule has 2 aliphatic rings. The van der Waals surface area contributed by atoms with Crippen molar-refractivity contribution in [3.05, 3.63) is 65.5 Å². The van der Waals surface area contributed by atoms with E-state index in [1.165, 1.54) is 18.2 Å². The van der Waals surface area contributed by atoms with E-state index in [0.717, 1.165) is 40.8 Å². The average Bonchev–Trinajstić information content (AvgIpc) is 3.25. The highest BCUT2D eigenvalue weighted by molar-refractivity contribution is 6.00. The van der Waals surface area contributed by atoms with E-state index in [1.807, 2.05) is 0 Å². The Hall–Kier alpha value is -3.60. The molecule has 2 fully saturated rings. The maximum absolute atomic E-state index is 13.7. The van der Waals surface area contributed by atoms with Crippen LogP contribution in [0.1, 0.15) is 36.0 Å². The summed E-state index contributed by atoms with van der Waals surface area (Å²) in [5, 5.41) is 5.41. The maximum atomic E-state index is 13.7. The summed E-state index contributed by atoms with van der Waals surface area (Å²) in [7, 11) is 0. The molecular formula is C24H26F3N5O3. The van der Waals surface area contributed by atoms with E-state index < -0.39 is 41.5 Å². The quantitative estimate of drug-likeness (QED) is 0.614. The zero-order valence-electron chi connectivity index (χ0n) is 18.8. The fourth-order valence-corrected chi connectivity index (χ4v) is 4.48. The van der Waals surface area contributed by atoms with E-state index in [-0.39, 0.29) is 36.4 Å². The lowest BCUT2D eigenvalue weighted by Crippen LogP contribution is -2.56. The molecule has 2 aromatic carbocycles. The molecular weight excluding hydrogens is 463 g/mol. The van der Waals surface area contributed by atoms with Crippen LogP contribution in [0.2, 0.25) is 0 Å². The topological polar surface area (TPSA) is 108 Å². The molecule has 1 aliphatic heterocycles. The van der Waals surface area contributed by atoms with Crippen LogP contribution in [0.25, 0.3) is 0 Å². The predicted molar refractivity (Wildman–Crippen MR) is 122 cm³/mol. The summed E-state index contributed by atoms with van der Waals surface area (Å²) in [6.45, 7) is -0.0561. The van der Waals surface area contributed by atoms with Crippen molar-refractivity contribution >= 4 is 23.5 Å². The summed E-state index contributed by atoms with van der Waals surface area (Å²) in [6, 6.07) is 6.78. The van der Waals surface area contributed by atoms with Crippen molar-refractivity contribution in [2.45, 2.75) is 43.9 Å². The third-order valence-electron chi connectivity index (χ3n) is 6.23. The SMILES string of the molecule is NC1CCC(NC(=O)C2N(C(=O)Nc3cccc(F)c3)CCN2C(=O)c2cc(F)cc(F)c2)CC1. The first-order chi connectivity index (χ1) is 16.7. The Morgan fingerprint density at radius 2 is 1.51 bits per heavy atom. The summed E-state index contributed by atoms with van der Waals surface area (Å²) in [5.74, 6) is -3.82. The van der Waals surface area contributed by atoms with Gasteiger partial charge in [-0.2, -0.15) is 0 Å². The Labute approximate surface area is 200 Å². The third-order valence-corrected chi connectivity index (χ3v) is 6.23. The molecule has 1 atom stereocenters. The summed E-state index contributed by atoms with van der Waals surface area (Å²) in [6.07, 6.45) is 1.39. The normalized spacial score (nSPS) is 22.1. The summed E-state index contributed by atoms with van der Waals surface area (Å²) < 4.78 is 41.0. The summed E-state index contributed by atoms with van der Waals surface area (Å²) in [4.78, 5) is 41.8. The van der Waals surface area contributed by atoms with Gasteiger partial charge in [0.25, 0.3) is 11.8 Å². The van der Waals surface area contributed by atoms with Crippen LogP contribution in [0.15, 0.2) is 42.5 Å². The molecule has 1 saturated heterocycles. The fraction of sp³-hybridized carbons (Fsp3) is 0.375. The Morgan fingerprint density at radius 3 is 2.17 bits per heavy atom. The molecule has 11 heteroatoms. The van der Waals surface area contributed by atoms with Crippen LogP contribution >= 0.6 is 0 Å². The molecule has 0 spiro atoms. The minimum absolute atomic E-state index is 0.0156. The predicted octanol–water partition coefficient (Wildman–Crippen LogP) is 2.81. The number of anilines is 1. The van der Waals surface area contributed by atoms with Crippen molar-refractivity contribution in [2.24, 2.45) is 5.73 Å². The number of rotatable bonds is 4. The van der Waals surface area contributed by atoms with E-state index in [9.17, 15) is 27.6 Å². The van der Waals surface area contributed by atoms with Crippen LogP contribution < -0.4 is 16.4 Å². The van der Waals surface area contributed by atoms with E-state index in [2.05, 4.69) is 10.6 Å². The molecule has 0 bridgehead atoms. The van der Waals surface area contributed by atoms with Crippen LogP contribution in [-0.4, -0.2) is 59.0 Å². The Morgan fingerprint density at radius 1 is 0.857 bits per heavy atom. The van der Waals surface area contributed by atoms with Crippen LogP contribution in [0.5, 0.6) is 0 Å². The Kier molecular flexibility index (Phi) is 7.25. The third kappa shape index (κ3) is 5.73. The van der Waals surface area contributed by atoms with Gasteiger partial charge in [-0.1, -0.05) is 6.07 Å². The van der Waals surface area contributed by atoms with Gasteiger partial charge in [0.15, 0.2) is 6.17 Å². The molecule has 1 saturated carbocycles. The molecule has 8 nitrogen and oxygen atoms in total. The van der Waals surface area contributed by atoms with Gasteiger partial charge in [0.05, 0.1) is 0 Å². The van der Waals surface area contributed by atoms with Gasteiger partial charge in [-0.05, 0) is 56.0 Å². The zero-order chi connectivity index (χ0) is 25.1. The van der Waals surface area contributed by atoms with Gasteiger partial charge in [-0.3, -0.25) is 14.5 Å². The van der Waals surface area contributed by atoms with Gasteiger partial charge in [0.1, 0.15) is 17.5 Å². The molecule has 2 aromatic rings. The lowest BCUT2D eigenvalue weighted by molar-refractivity contribution is -0.128. The second kappa shape index (κ2) is 10.3. The molecule has 186 valence electrons. The van der Waals surface area contributed by atoms with Crippen LogP contribution in [-0.2, 0) is 4.79 Å². The number of nitrogens with zero attached hydrogens (tertiary/aromatic N) is 2. The molecule has 0 aromatic heterocycles. The van der Waals surface area contributed by atoms with Crippen LogP contribution in [0, 0.1) is 17.5 Å². The van der Waals surface area contributed by atoms with Crippen molar-refractivity contribution in [1.82, 2.24) is 15.1 Å². The van der Waals surface area contributed by atoms with E-state index in [0.29, 0.717) is 18.9 Å². The minimum atomic E-state index is -1.36. The molecule has 1 heterocycles. The Bertz CT molecular complexity index is 1100. The van der Waals surface area contributed by atoms with Crippen molar-refractivity contribution in [1.29, 1.82) is 0 Å². The number of carbonyl (C=O) groups excluding carboxylic acids is 3. The first kappa shape index (κ1) is 24.5. The maximum Gasteiger partial charge on any atom is 0.323 e. The number of carbonyl (C=O) groups is 3. The van der Waals surface area contributed by atoms with E-state index >= 15 is 0 Å². The largest absolute Gasteiger partial charge is 0.350 e. The number of hydrogen-bond acceptors (Lipinski definition) is 4. The van der Waals surface area contributed by atoms with E-state index in [4.69, 9.17) is 5.73 Å². The fourth-order valence-electron chi connectivity index (χ4n) is 4.48. The number of amides is 4. The van der Waals surface area contributed by atoms with Gasteiger partial charge in [0.2, 0.25) is 0 Å². The number of nitrogens with two attached hydrogens (primary N) is 1. The number of urea groups is 1. The molecule has 4 rings (SSSR count). The number of benzene rings is 2. The van der Waals surface area contributed by atoms with Crippen molar-refractivity contribution < 1.29 is 27.6 Å². The molecule has 4 amide bonds. The molecule has 1 unspecified atom stereocenters. The molecule has 0 radical (unpaired) electrons. The van der Waals surface area contributed by atoms with Gasteiger partial charge >= 0.3 is 6.03 Å². The van der Waals surface area contributed by atoms with Crippen LogP contribution in [0.4, 0.5) is 23.7 Å². The van der Waals surface area contributed by atoms with Crippen LogP contribution in [0.3, 0.4) is 0 Å². The Balaban J connectivity index is 1.58. The standard InChI is InChI=1S/C24H26F3N5O3/c25-15-2-1-3-20(13-15)30-24(35)32-9-8-31(23(34)14-10-16(26)12-17(27)11-14)22(32)21(33)29-19-6-4-18(28)5-7-19/h1-3,10-13,18-19,22H,4-9,28H2,(H,29,33)(H,30,35). The zero-order valence-corrected chi connectivity index (χ0v) is 18.8.